The van der Waals surface area contributed by atoms with Crippen molar-refractivity contribution in [3.05, 3.63) is 59.7 Å². The Labute approximate surface area is 150 Å². The van der Waals surface area contributed by atoms with E-state index in [1.165, 1.54) is 13.2 Å². The summed E-state index contributed by atoms with van der Waals surface area (Å²) in [4.78, 5) is 13.4. The summed E-state index contributed by atoms with van der Waals surface area (Å²) in [5.41, 5.74) is 5.51. The van der Waals surface area contributed by atoms with E-state index in [0.717, 1.165) is 5.39 Å². The van der Waals surface area contributed by atoms with Crippen molar-refractivity contribution in [1.82, 2.24) is 9.97 Å². The van der Waals surface area contributed by atoms with Gasteiger partial charge < -0.3 is 15.6 Å². The number of pyridine rings is 2. The van der Waals surface area contributed by atoms with E-state index < -0.39 is 0 Å². The fraction of sp³-hybridized carbons (Fsp3) is 0.167. The molecule has 8 heteroatoms. The maximum absolute atomic E-state index is 14.3. The van der Waals surface area contributed by atoms with Crippen molar-refractivity contribution in [1.29, 1.82) is 0 Å². The second-order valence-electron chi connectivity index (χ2n) is 5.59. The molecule has 1 aromatic carbocycles. The molecule has 2 heterocycles. The highest BCUT2D eigenvalue weighted by atomic mass is 19.1. The first-order valence-corrected chi connectivity index (χ1v) is 7.95. The molecule has 134 valence electrons. The van der Waals surface area contributed by atoms with Gasteiger partial charge >= 0.3 is 0 Å². The van der Waals surface area contributed by atoms with Crippen molar-refractivity contribution >= 4 is 28.1 Å². The van der Waals surface area contributed by atoms with E-state index in [1.54, 1.807) is 31.3 Å². The molecule has 0 aliphatic carbocycles. The molecule has 3 aromatic rings. The quantitative estimate of drug-likeness (QED) is 0.358. The Kier molecular flexibility index (Phi) is 5.23. The second kappa shape index (κ2) is 7.75. The first-order valence-electron chi connectivity index (χ1n) is 7.95. The zero-order valence-corrected chi connectivity index (χ0v) is 14.5. The summed E-state index contributed by atoms with van der Waals surface area (Å²) in [6, 6.07) is 10.4. The van der Waals surface area contributed by atoms with Crippen LogP contribution in [0.1, 0.15) is 18.2 Å². The smallest absolute Gasteiger partial charge is 0.151 e. The summed E-state index contributed by atoms with van der Waals surface area (Å²) in [5.74, 6) is 5.69. The van der Waals surface area contributed by atoms with Crippen LogP contribution in [0, 0.1) is 5.82 Å². The summed E-state index contributed by atoms with van der Waals surface area (Å²) >= 11 is 0. The maximum Gasteiger partial charge on any atom is 0.151 e. The van der Waals surface area contributed by atoms with Gasteiger partial charge in [-0.05, 0) is 31.2 Å². The van der Waals surface area contributed by atoms with Gasteiger partial charge in [-0.15, -0.1) is 0 Å². The van der Waals surface area contributed by atoms with Crippen molar-refractivity contribution in [2.75, 3.05) is 17.9 Å². The lowest BCUT2D eigenvalue weighted by atomic mass is 10.1. The van der Waals surface area contributed by atoms with Crippen molar-refractivity contribution < 1.29 is 9.23 Å². The maximum atomic E-state index is 14.3. The number of hydrogen-bond acceptors (Lipinski definition) is 7. The van der Waals surface area contributed by atoms with Gasteiger partial charge in [0.15, 0.2) is 5.82 Å². The first-order chi connectivity index (χ1) is 12.6. The van der Waals surface area contributed by atoms with Gasteiger partial charge in [0.1, 0.15) is 18.6 Å². The lowest BCUT2D eigenvalue weighted by Gasteiger charge is -2.13. The minimum absolute atomic E-state index is 0.238. The third-order valence-electron chi connectivity index (χ3n) is 3.87. The Bertz CT molecular complexity index is 960. The van der Waals surface area contributed by atoms with Crippen LogP contribution in [0.3, 0.4) is 0 Å². The lowest BCUT2D eigenvalue weighted by molar-refractivity contribution is 0.213. The number of anilines is 2. The van der Waals surface area contributed by atoms with Crippen molar-refractivity contribution in [3.63, 3.8) is 0 Å². The Morgan fingerprint density at radius 2 is 2.15 bits per heavy atom. The van der Waals surface area contributed by atoms with Crippen molar-refractivity contribution in [2.45, 2.75) is 13.5 Å². The molecule has 0 aliphatic heterocycles. The molecular weight excluding hydrogens is 335 g/mol. The number of halogens is 1. The molecule has 0 spiro atoms. The molecule has 4 N–H and O–H groups in total. The monoisotopic (exact) mass is 354 g/mol. The van der Waals surface area contributed by atoms with E-state index in [9.17, 15) is 4.39 Å². The fourth-order valence-corrected chi connectivity index (χ4v) is 2.55. The van der Waals surface area contributed by atoms with E-state index >= 15 is 0 Å². The summed E-state index contributed by atoms with van der Waals surface area (Å²) in [5, 5.41) is 7.85. The lowest BCUT2D eigenvalue weighted by Crippen LogP contribution is -2.13. The van der Waals surface area contributed by atoms with Gasteiger partial charge in [0.05, 0.1) is 16.9 Å². The predicted molar refractivity (Wildman–Crippen MR) is 100 cm³/mol. The highest BCUT2D eigenvalue weighted by Gasteiger charge is 2.10. The van der Waals surface area contributed by atoms with Gasteiger partial charge in [0.25, 0.3) is 0 Å². The Balaban J connectivity index is 1.88. The minimum atomic E-state index is -0.334. The summed E-state index contributed by atoms with van der Waals surface area (Å²) < 4.78 is 14.3. The highest BCUT2D eigenvalue weighted by molar-refractivity contribution is 5.97. The van der Waals surface area contributed by atoms with E-state index in [0.29, 0.717) is 34.0 Å². The zero-order chi connectivity index (χ0) is 18.5. The number of hydrogen-bond donors (Lipinski definition) is 3. The number of nitrogen functional groups attached to an aromatic ring is 1. The number of oxime groups is 1. The standard InChI is InChI=1S/C18H19FN6O/c1-11(25-26-2)15-5-6-16(24-20)18(23-15)22-10-13-8-12-4-3-7-21-17(12)9-14(13)19/h3-9,24H,10,20H2,1-2H3,(H,22,23). The fourth-order valence-electron chi connectivity index (χ4n) is 2.55. The molecule has 0 unspecified atom stereocenters. The normalized spacial score (nSPS) is 11.5. The average Bonchev–Trinajstić information content (AvgIpc) is 2.66. The minimum Gasteiger partial charge on any atom is -0.399 e. The number of benzene rings is 1. The van der Waals surface area contributed by atoms with Crippen LogP contribution in [0.2, 0.25) is 0 Å². The van der Waals surface area contributed by atoms with Crippen LogP contribution in [0.4, 0.5) is 15.9 Å². The molecule has 2 aromatic heterocycles. The third-order valence-corrected chi connectivity index (χ3v) is 3.87. The van der Waals surface area contributed by atoms with Crippen LogP contribution in [-0.2, 0) is 11.4 Å². The van der Waals surface area contributed by atoms with Crippen LogP contribution in [-0.4, -0.2) is 22.8 Å². The Morgan fingerprint density at radius 3 is 2.92 bits per heavy atom. The van der Waals surface area contributed by atoms with Gasteiger partial charge in [-0.2, -0.15) is 0 Å². The molecule has 0 aliphatic rings. The highest BCUT2D eigenvalue weighted by Crippen LogP contribution is 2.22. The number of fused-ring (bicyclic) bond motifs is 1. The largest absolute Gasteiger partial charge is 0.399 e. The van der Waals surface area contributed by atoms with Gasteiger partial charge in [-0.1, -0.05) is 11.2 Å². The molecular formula is C18H19FN6O. The Morgan fingerprint density at radius 1 is 1.31 bits per heavy atom. The van der Waals surface area contributed by atoms with Gasteiger partial charge in [-0.25, -0.2) is 9.37 Å². The second-order valence-corrected chi connectivity index (χ2v) is 5.59. The molecule has 0 amide bonds. The van der Waals surface area contributed by atoms with Crippen LogP contribution in [0.5, 0.6) is 0 Å². The molecule has 3 rings (SSSR count). The zero-order valence-electron chi connectivity index (χ0n) is 14.5. The molecule has 0 bridgehead atoms. The molecule has 0 fully saturated rings. The number of rotatable bonds is 6. The van der Waals surface area contributed by atoms with E-state index in [1.807, 2.05) is 12.1 Å². The first kappa shape index (κ1) is 17.6. The number of aromatic nitrogens is 2. The topological polar surface area (TPSA) is 97.5 Å². The Hall–Kier alpha value is -3.26. The van der Waals surface area contributed by atoms with Crippen molar-refractivity contribution in [3.8, 4) is 0 Å². The number of nitrogens with two attached hydrogens (primary N) is 1. The molecule has 0 atom stereocenters. The van der Waals surface area contributed by atoms with E-state index in [4.69, 9.17) is 10.7 Å². The molecule has 7 nitrogen and oxygen atoms in total. The average molecular weight is 354 g/mol. The van der Waals surface area contributed by atoms with Crippen LogP contribution < -0.4 is 16.6 Å². The van der Waals surface area contributed by atoms with Crippen molar-refractivity contribution in [2.24, 2.45) is 11.0 Å². The number of nitrogens with zero attached hydrogens (tertiary/aromatic N) is 3. The summed E-state index contributed by atoms with van der Waals surface area (Å²) in [6.45, 7) is 2.02. The SMILES string of the molecule is CON=C(C)c1ccc(NN)c(NCc2cc3cccnc3cc2F)n1. The summed E-state index contributed by atoms with van der Waals surface area (Å²) in [6.07, 6.45) is 1.64. The predicted octanol–water partition coefficient (Wildman–Crippen LogP) is 3.04. The van der Waals surface area contributed by atoms with Gasteiger partial charge in [0, 0.05) is 29.8 Å². The molecule has 0 saturated carbocycles. The molecule has 0 saturated heterocycles. The van der Waals surface area contributed by atoms with E-state index in [2.05, 4.69) is 25.9 Å². The van der Waals surface area contributed by atoms with Crippen LogP contribution in [0.25, 0.3) is 10.9 Å². The van der Waals surface area contributed by atoms with Gasteiger partial charge in [-0.3, -0.25) is 10.8 Å². The number of nitrogens with one attached hydrogen (secondary N) is 2. The third kappa shape index (κ3) is 3.70. The van der Waals surface area contributed by atoms with Crippen LogP contribution in [0.15, 0.2) is 47.8 Å². The summed E-state index contributed by atoms with van der Waals surface area (Å²) in [7, 11) is 1.47. The number of hydrazine groups is 1. The van der Waals surface area contributed by atoms with Crippen LogP contribution >= 0.6 is 0 Å². The molecule has 26 heavy (non-hydrogen) atoms. The molecule has 0 radical (unpaired) electrons. The van der Waals surface area contributed by atoms with Gasteiger partial charge in [0.2, 0.25) is 0 Å². The van der Waals surface area contributed by atoms with E-state index in [-0.39, 0.29) is 12.4 Å².